The molecule has 0 fully saturated rings. The predicted octanol–water partition coefficient (Wildman–Crippen LogP) is 3.42. The molecule has 6 heteroatoms. The van der Waals surface area contributed by atoms with Crippen LogP contribution in [0.1, 0.15) is 23.8 Å². The molecule has 2 aromatic heterocycles. The lowest BCUT2D eigenvalue weighted by atomic mass is 10.1. The Morgan fingerprint density at radius 2 is 1.96 bits per heavy atom. The number of furan rings is 1. The molecule has 0 aliphatic rings. The largest absolute Gasteiger partial charge is 0.467 e. The Morgan fingerprint density at radius 3 is 2.67 bits per heavy atom. The summed E-state index contributed by atoms with van der Waals surface area (Å²) in [5.41, 5.74) is 3.34. The van der Waals surface area contributed by atoms with Crippen molar-refractivity contribution in [2.75, 3.05) is 11.9 Å². The number of rotatable bonds is 5. The molecule has 1 amide bonds. The lowest BCUT2D eigenvalue weighted by Crippen LogP contribution is -2.20. The van der Waals surface area contributed by atoms with Gasteiger partial charge in [0.25, 0.3) is 5.91 Å². The van der Waals surface area contributed by atoms with E-state index in [0.717, 1.165) is 23.4 Å². The third-order valence-electron chi connectivity index (χ3n) is 3.92. The smallest absolute Gasteiger partial charge is 0.262 e. The van der Waals surface area contributed by atoms with Crippen LogP contribution in [0.25, 0.3) is 11.1 Å². The van der Waals surface area contributed by atoms with E-state index in [1.807, 2.05) is 38.1 Å². The second kappa shape index (κ2) is 6.70. The van der Waals surface area contributed by atoms with E-state index in [-0.39, 0.29) is 12.5 Å². The molecule has 0 atom stereocenters. The summed E-state index contributed by atoms with van der Waals surface area (Å²) in [6, 6.07) is 7.73. The van der Waals surface area contributed by atoms with Gasteiger partial charge in [-0.2, -0.15) is 0 Å². The van der Waals surface area contributed by atoms with Crippen LogP contribution >= 0.6 is 0 Å². The molecular weight excluding hydrogens is 306 g/mol. The Labute approximate surface area is 139 Å². The summed E-state index contributed by atoms with van der Waals surface area (Å²) in [7, 11) is 0. The Hall–Kier alpha value is -2.89. The van der Waals surface area contributed by atoms with Crippen molar-refractivity contribution >= 4 is 22.7 Å². The molecule has 0 aliphatic carbocycles. The Kier molecular flexibility index (Phi) is 4.46. The van der Waals surface area contributed by atoms with E-state index in [2.05, 4.69) is 22.2 Å². The number of nitrogens with zero attached hydrogens (tertiary/aromatic N) is 2. The maximum atomic E-state index is 12.1. The highest BCUT2D eigenvalue weighted by Gasteiger charge is 2.15. The van der Waals surface area contributed by atoms with Gasteiger partial charge >= 0.3 is 0 Å². The number of anilines is 1. The number of aromatic nitrogens is 2. The quantitative estimate of drug-likeness (QED) is 0.778. The molecule has 0 unspecified atom stereocenters. The zero-order valence-electron chi connectivity index (χ0n) is 13.9. The molecule has 2 heterocycles. The number of hydrogen-bond donors (Lipinski definition) is 1. The van der Waals surface area contributed by atoms with Gasteiger partial charge in [0.15, 0.2) is 6.61 Å². The summed E-state index contributed by atoms with van der Waals surface area (Å²) in [5, 5.41) is 3.50. The minimum atomic E-state index is -0.246. The highest BCUT2D eigenvalue weighted by Crippen LogP contribution is 2.29. The van der Waals surface area contributed by atoms with E-state index in [1.54, 1.807) is 0 Å². The first kappa shape index (κ1) is 16.0. The Balaban J connectivity index is 1.68. The van der Waals surface area contributed by atoms with Crippen molar-refractivity contribution in [3.8, 4) is 5.88 Å². The molecule has 124 valence electrons. The zero-order chi connectivity index (χ0) is 17.1. The molecule has 0 aliphatic heterocycles. The summed E-state index contributed by atoms with van der Waals surface area (Å²) in [5.74, 6) is 0.866. The van der Waals surface area contributed by atoms with Crippen molar-refractivity contribution in [3.63, 3.8) is 0 Å². The molecule has 1 aromatic carbocycles. The summed E-state index contributed by atoms with van der Waals surface area (Å²) < 4.78 is 11.1. The number of carbonyl (C=O) groups is 1. The number of nitrogens with one attached hydrogen (secondary N) is 1. The van der Waals surface area contributed by atoms with Gasteiger partial charge in [-0.05, 0) is 38.0 Å². The number of amides is 1. The van der Waals surface area contributed by atoms with E-state index in [9.17, 15) is 4.79 Å². The first-order valence-corrected chi connectivity index (χ1v) is 7.80. The van der Waals surface area contributed by atoms with Gasteiger partial charge in [-0.25, -0.2) is 9.97 Å². The first-order chi connectivity index (χ1) is 11.6. The fourth-order valence-corrected chi connectivity index (χ4v) is 2.41. The molecular formula is C18H19N3O3. The Morgan fingerprint density at radius 1 is 1.21 bits per heavy atom. The van der Waals surface area contributed by atoms with Crippen LogP contribution in [0.2, 0.25) is 0 Å². The molecule has 3 rings (SSSR count). The average molecular weight is 325 g/mol. The van der Waals surface area contributed by atoms with E-state index in [4.69, 9.17) is 9.15 Å². The van der Waals surface area contributed by atoms with Gasteiger partial charge in [0.2, 0.25) is 11.6 Å². The van der Waals surface area contributed by atoms with Crippen molar-refractivity contribution < 1.29 is 13.9 Å². The van der Waals surface area contributed by atoms with E-state index in [1.165, 1.54) is 11.9 Å². The third-order valence-corrected chi connectivity index (χ3v) is 3.92. The number of aryl methyl sites for hydroxylation is 3. The summed E-state index contributed by atoms with van der Waals surface area (Å²) in [6.45, 7) is 5.72. The number of hydrogen-bond acceptors (Lipinski definition) is 5. The number of benzene rings is 1. The van der Waals surface area contributed by atoms with Crippen molar-refractivity contribution in [1.82, 2.24) is 9.97 Å². The molecule has 1 N–H and O–H groups in total. The fraction of sp³-hybridized carbons (Fsp3) is 0.278. The molecule has 0 bridgehead atoms. The van der Waals surface area contributed by atoms with Crippen LogP contribution < -0.4 is 10.1 Å². The lowest BCUT2D eigenvalue weighted by molar-refractivity contribution is -0.118. The highest BCUT2D eigenvalue weighted by atomic mass is 16.5. The molecule has 6 nitrogen and oxygen atoms in total. The van der Waals surface area contributed by atoms with Crippen molar-refractivity contribution in [2.24, 2.45) is 0 Å². The van der Waals surface area contributed by atoms with Crippen molar-refractivity contribution in [1.29, 1.82) is 0 Å². The van der Waals surface area contributed by atoms with Gasteiger partial charge in [-0.15, -0.1) is 0 Å². The standard InChI is InChI=1S/C18H19N3O3/c1-4-13-5-7-14(8-6-13)21-15(22)9-23-17-16-11(2)12(3)24-18(16)20-10-19-17/h5-8,10H,4,9H2,1-3H3,(H,21,22). The number of ether oxygens (including phenoxy) is 1. The van der Waals surface area contributed by atoms with E-state index >= 15 is 0 Å². The minimum absolute atomic E-state index is 0.134. The van der Waals surface area contributed by atoms with Gasteiger partial charge in [0.1, 0.15) is 17.5 Å². The topological polar surface area (TPSA) is 77.2 Å². The van der Waals surface area contributed by atoms with Crippen LogP contribution in [-0.2, 0) is 11.2 Å². The van der Waals surface area contributed by atoms with Gasteiger partial charge in [0, 0.05) is 11.3 Å². The number of carbonyl (C=O) groups excluding carboxylic acids is 1. The maximum Gasteiger partial charge on any atom is 0.262 e. The minimum Gasteiger partial charge on any atom is -0.467 e. The third kappa shape index (κ3) is 3.22. The monoisotopic (exact) mass is 325 g/mol. The molecule has 0 saturated carbocycles. The second-order valence-corrected chi connectivity index (χ2v) is 5.53. The second-order valence-electron chi connectivity index (χ2n) is 5.53. The van der Waals surface area contributed by atoms with Gasteiger partial charge in [0.05, 0.1) is 0 Å². The molecule has 3 aromatic rings. The lowest BCUT2D eigenvalue weighted by Gasteiger charge is -2.08. The molecule has 0 radical (unpaired) electrons. The molecule has 24 heavy (non-hydrogen) atoms. The van der Waals surface area contributed by atoms with Crippen molar-refractivity contribution in [3.05, 3.63) is 47.5 Å². The molecule has 0 spiro atoms. The van der Waals surface area contributed by atoms with Crippen LogP contribution in [0.15, 0.2) is 35.0 Å². The maximum absolute atomic E-state index is 12.1. The zero-order valence-corrected chi connectivity index (χ0v) is 13.9. The Bertz CT molecular complexity index is 869. The van der Waals surface area contributed by atoms with Crippen LogP contribution in [0.5, 0.6) is 5.88 Å². The van der Waals surface area contributed by atoms with Crippen LogP contribution in [0, 0.1) is 13.8 Å². The van der Waals surface area contributed by atoms with Crippen LogP contribution in [0.3, 0.4) is 0 Å². The van der Waals surface area contributed by atoms with Crippen molar-refractivity contribution in [2.45, 2.75) is 27.2 Å². The highest BCUT2D eigenvalue weighted by molar-refractivity contribution is 5.92. The summed E-state index contributed by atoms with van der Waals surface area (Å²) in [4.78, 5) is 20.2. The normalized spacial score (nSPS) is 10.8. The van der Waals surface area contributed by atoms with Gasteiger partial charge in [-0.1, -0.05) is 19.1 Å². The first-order valence-electron chi connectivity index (χ1n) is 7.80. The SMILES string of the molecule is CCc1ccc(NC(=O)COc2ncnc3oc(C)c(C)c23)cc1. The predicted molar refractivity (Wildman–Crippen MR) is 91.2 cm³/mol. The van der Waals surface area contributed by atoms with E-state index in [0.29, 0.717) is 17.0 Å². The fourth-order valence-electron chi connectivity index (χ4n) is 2.41. The molecule has 0 saturated heterocycles. The van der Waals surface area contributed by atoms with Gasteiger partial charge in [-0.3, -0.25) is 4.79 Å². The van der Waals surface area contributed by atoms with E-state index < -0.39 is 0 Å². The van der Waals surface area contributed by atoms with Crippen LogP contribution in [0.4, 0.5) is 5.69 Å². The number of fused-ring (bicyclic) bond motifs is 1. The van der Waals surface area contributed by atoms with Crippen LogP contribution in [-0.4, -0.2) is 22.5 Å². The van der Waals surface area contributed by atoms with Gasteiger partial charge < -0.3 is 14.5 Å². The summed E-state index contributed by atoms with van der Waals surface area (Å²) >= 11 is 0. The summed E-state index contributed by atoms with van der Waals surface area (Å²) in [6.07, 6.45) is 2.33. The average Bonchev–Trinajstić information content (AvgIpc) is 2.89.